The van der Waals surface area contributed by atoms with Crippen molar-refractivity contribution in [1.82, 2.24) is 4.90 Å². The Morgan fingerprint density at radius 3 is 2.81 bits per heavy atom. The Labute approximate surface area is 138 Å². The molecule has 0 aromatic heterocycles. The number of aliphatic carboxylic acids is 1. The number of rotatable bonds is 6. The van der Waals surface area contributed by atoms with Gasteiger partial charge in [-0.1, -0.05) is 29.3 Å². The predicted molar refractivity (Wildman–Crippen MR) is 86.9 cm³/mol. The van der Waals surface area contributed by atoms with Crippen molar-refractivity contribution in [1.29, 1.82) is 0 Å². The van der Waals surface area contributed by atoms with Crippen molar-refractivity contribution in [2.24, 2.45) is 0 Å². The predicted octanol–water partition coefficient (Wildman–Crippen LogP) is 3.26. The average Bonchev–Trinajstić information content (AvgIpc) is 2.43. The Hall–Kier alpha value is -0.620. The number of hydrogen-bond donors (Lipinski definition) is 1. The smallest absolute Gasteiger partial charge is 0.304 e. The van der Waals surface area contributed by atoms with E-state index >= 15 is 0 Å². The molecule has 0 aliphatic carbocycles. The molecule has 1 aromatic carbocycles. The molecule has 0 saturated carbocycles. The van der Waals surface area contributed by atoms with Gasteiger partial charge in [0.05, 0.1) is 16.5 Å². The number of ether oxygens (including phenoxy) is 1. The number of carboxylic acids is 1. The Morgan fingerprint density at radius 2 is 2.14 bits per heavy atom. The van der Waals surface area contributed by atoms with Crippen LogP contribution in [-0.4, -0.2) is 53.2 Å². The number of para-hydroxylation sites is 1. The number of carbonyl (C=O) groups is 1. The second-order valence-corrected chi connectivity index (χ2v) is 6.73. The summed E-state index contributed by atoms with van der Waals surface area (Å²) < 4.78 is 5.66. The number of benzene rings is 1. The van der Waals surface area contributed by atoms with Crippen molar-refractivity contribution < 1.29 is 14.6 Å². The Bertz CT molecular complexity index is 481. The second-order valence-electron chi connectivity index (χ2n) is 4.76. The van der Waals surface area contributed by atoms with E-state index in [-0.39, 0.29) is 12.5 Å². The van der Waals surface area contributed by atoms with E-state index in [4.69, 9.17) is 33.0 Å². The molecule has 0 bridgehead atoms. The topological polar surface area (TPSA) is 49.8 Å². The van der Waals surface area contributed by atoms with E-state index in [0.29, 0.717) is 28.9 Å². The van der Waals surface area contributed by atoms with E-state index in [0.717, 1.165) is 18.1 Å². The molecule has 0 radical (unpaired) electrons. The SMILES string of the molecule is O=C(O)CC1CSCCN1CCOc1c(Cl)cccc1Cl. The monoisotopic (exact) mass is 349 g/mol. The average molecular weight is 350 g/mol. The molecule has 1 aliphatic heterocycles. The molecule has 1 saturated heterocycles. The number of carboxylic acid groups (broad SMARTS) is 1. The first-order valence-corrected chi connectivity index (χ1v) is 8.59. The van der Waals surface area contributed by atoms with Gasteiger partial charge in [0.25, 0.3) is 0 Å². The molecule has 4 nitrogen and oxygen atoms in total. The third-order valence-corrected chi connectivity index (χ3v) is 4.99. The number of nitrogens with zero attached hydrogens (tertiary/aromatic N) is 1. The van der Waals surface area contributed by atoms with E-state index in [1.54, 1.807) is 30.0 Å². The van der Waals surface area contributed by atoms with Gasteiger partial charge < -0.3 is 9.84 Å². The lowest BCUT2D eigenvalue weighted by molar-refractivity contribution is -0.138. The summed E-state index contributed by atoms with van der Waals surface area (Å²) in [6.45, 7) is 1.98. The molecule has 2 rings (SSSR count). The van der Waals surface area contributed by atoms with E-state index in [2.05, 4.69) is 4.90 Å². The fraction of sp³-hybridized carbons (Fsp3) is 0.500. The molecule has 1 N–H and O–H groups in total. The maximum atomic E-state index is 10.9. The molecule has 1 atom stereocenters. The Morgan fingerprint density at radius 1 is 1.43 bits per heavy atom. The zero-order valence-electron chi connectivity index (χ0n) is 11.4. The van der Waals surface area contributed by atoms with Crippen molar-refractivity contribution in [2.45, 2.75) is 12.5 Å². The molecule has 1 aromatic rings. The van der Waals surface area contributed by atoms with Gasteiger partial charge >= 0.3 is 5.97 Å². The van der Waals surface area contributed by atoms with Crippen LogP contribution in [0.5, 0.6) is 5.75 Å². The van der Waals surface area contributed by atoms with Crippen LogP contribution >= 0.6 is 35.0 Å². The van der Waals surface area contributed by atoms with Gasteiger partial charge in [-0.25, -0.2) is 0 Å². The van der Waals surface area contributed by atoms with Gasteiger partial charge in [0.15, 0.2) is 5.75 Å². The molecular formula is C14H17Cl2NO3S. The Balaban J connectivity index is 1.87. The molecule has 7 heteroatoms. The lowest BCUT2D eigenvalue weighted by Gasteiger charge is -2.34. The Kier molecular flexibility index (Phi) is 6.48. The summed E-state index contributed by atoms with van der Waals surface area (Å²) in [4.78, 5) is 13.1. The van der Waals surface area contributed by atoms with Crippen LogP contribution in [0.1, 0.15) is 6.42 Å². The second kappa shape index (κ2) is 8.13. The largest absolute Gasteiger partial charge is 0.489 e. The van der Waals surface area contributed by atoms with E-state index in [1.807, 2.05) is 0 Å². The molecule has 116 valence electrons. The van der Waals surface area contributed by atoms with Gasteiger partial charge in [-0.3, -0.25) is 9.69 Å². The van der Waals surface area contributed by atoms with Crippen LogP contribution in [0.3, 0.4) is 0 Å². The van der Waals surface area contributed by atoms with Crippen LogP contribution in [-0.2, 0) is 4.79 Å². The van der Waals surface area contributed by atoms with Crippen molar-refractivity contribution in [3.05, 3.63) is 28.2 Å². The van der Waals surface area contributed by atoms with Crippen LogP contribution < -0.4 is 4.74 Å². The van der Waals surface area contributed by atoms with Crippen molar-refractivity contribution >= 4 is 40.9 Å². The number of halogens is 2. The van der Waals surface area contributed by atoms with Crippen LogP contribution in [0.4, 0.5) is 0 Å². The van der Waals surface area contributed by atoms with Crippen molar-refractivity contribution in [3.63, 3.8) is 0 Å². The highest BCUT2D eigenvalue weighted by Crippen LogP contribution is 2.32. The van der Waals surface area contributed by atoms with Gasteiger partial charge in [-0.15, -0.1) is 0 Å². The highest BCUT2D eigenvalue weighted by Gasteiger charge is 2.24. The summed E-state index contributed by atoms with van der Waals surface area (Å²) in [5, 5.41) is 9.93. The molecule has 21 heavy (non-hydrogen) atoms. The number of hydrogen-bond acceptors (Lipinski definition) is 4. The standard InChI is InChI=1S/C14H17Cl2NO3S/c15-11-2-1-3-12(16)14(11)20-6-4-17-5-7-21-9-10(17)8-13(18)19/h1-3,10H,4-9H2,(H,18,19). The molecule has 1 fully saturated rings. The highest BCUT2D eigenvalue weighted by atomic mass is 35.5. The van der Waals surface area contributed by atoms with Crippen molar-refractivity contribution in [3.8, 4) is 5.75 Å². The summed E-state index contributed by atoms with van der Waals surface area (Å²) in [7, 11) is 0. The maximum Gasteiger partial charge on any atom is 0.304 e. The van der Waals surface area contributed by atoms with E-state index in [9.17, 15) is 4.79 Å². The third kappa shape index (κ3) is 4.95. The molecule has 1 aliphatic rings. The molecule has 1 unspecified atom stereocenters. The number of thioether (sulfide) groups is 1. The van der Waals surface area contributed by atoms with E-state index < -0.39 is 5.97 Å². The van der Waals surface area contributed by atoms with Crippen LogP contribution in [0.25, 0.3) is 0 Å². The highest BCUT2D eigenvalue weighted by molar-refractivity contribution is 7.99. The van der Waals surface area contributed by atoms with Gasteiger partial charge in [-0.2, -0.15) is 11.8 Å². The lowest BCUT2D eigenvalue weighted by atomic mass is 10.2. The summed E-state index contributed by atoms with van der Waals surface area (Å²) in [5.74, 6) is 1.59. The van der Waals surface area contributed by atoms with Gasteiger partial charge in [0.1, 0.15) is 6.61 Å². The minimum Gasteiger partial charge on any atom is -0.489 e. The fourth-order valence-corrected chi connectivity index (χ4v) is 3.90. The molecule has 1 heterocycles. The van der Waals surface area contributed by atoms with Gasteiger partial charge in [0, 0.05) is 30.6 Å². The first-order valence-electron chi connectivity index (χ1n) is 6.68. The third-order valence-electron chi connectivity index (χ3n) is 3.30. The zero-order chi connectivity index (χ0) is 15.2. The summed E-state index contributed by atoms with van der Waals surface area (Å²) >= 11 is 13.9. The maximum absolute atomic E-state index is 10.9. The van der Waals surface area contributed by atoms with E-state index in [1.165, 1.54) is 0 Å². The van der Waals surface area contributed by atoms with Gasteiger partial charge in [-0.05, 0) is 12.1 Å². The summed E-state index contributed by atoms with van der Waals surface area (Å²) in [6.07, 6.45) is 0.167. The normalized spacial score (nSPS) is 19.4. The minimum absolute atomic E-state index is 0.0616. The van der Waals surface area contributed by atoms with Crippen molar-refractivity contribution in [2.75, 3.05) is 31.2 Å². The first kappa shape index (κ1) is 16.7. The summed E-state index contributed by atoms with van der Waals surface area (Å²) in [5.41, 5.74) is 0. The van der Waals surface area contributed by atoms with Crippen LogP contribution in [0.2, 0.25) is 10.0 Å². The first-order chi connectivity index (χ1) is 10.1. The zero-order valence-corrected chi connectivity index (χ0v) is 13.8. The summed E-state index contributed by atoms with van der Waals surface area (Å²) in [6, 6.07) is 5.29. The molecule has 0 amide bonds. The fourth-order valence-electron chi connectivity index (χ4n) is 2.26. The molecule has 0 spiro atoms. The lowest BCUT2D eigenvalue weighted by Crippen LogP contribution is -2.45. The van der Waals surface area contributed by atoms with Crippen LogP contribution in [0, 0.1) is 0 Å². The quantitative estimate of drug-likeness (QED) is 0.853. The molecular weight excluding hydrogens is 333 g/mol. The van der Waals surface area contributed by atoms with Gasteiger partial charge in [0.2, 0.25) is 0 Å². The van der Waals surface area contributed by atoms with Crippen LogP contribution in [0.15, 0.2) is 18.2 Å². The minimum atomic E-state index is -0.762.